The lowest BCUT2D eigenvalue weighted by Crippen LogP contribution is -2.35. The number of nitrogens with zero attached hydrogens (tertiary/aromatic N) is 2. The third-order valence-electron chi connectivity index (χ3n) is 5.07. The smallest absolute Gasteiger partial charge is 0.255 e. The molecule has 0 bridgehead atoms. The van der Waals surface area contributed by atoms with Crippen molar-refractivity contribution in [1.82, 2.24) is 5.32 Å². The van der Waals surface area contributed by atoms with Crippen LogP contribution in [0.2, 0.25) is 0 Å². The van der Waals surface area contributed by atoms with Gasteiger partial charge in [-0.2, -0.15) is 10.1 Å². The van der Waals surface area contributed by atoms with Crippen LogP contribution >= 0.6 is 11.8 Å². The summed E-state index contributed by atoms with van der Waals surface area (Å²) in [7, 11) is 0. The summed E-state index contributed by atoms with van der Waals surface area (Å²) in [6, 6.07) is 25.9. The maximum Gasteiger partial charge on any atom is 0.255 e. The Morgan fingerprint density at radius 3 is 2.29 bits per heavy atom. The summed E-state index contributed by atoms with van der Waals surface area (Å²) in [6.07, 6.45) is 3.28. The maximum absolute atomic E-state index is 12.6. The Kier molecular flexibility index (Phi) is 7.74. The molecule has 1 aliphatic rings. The molecule has 35 heavy (non-hydrogen) atoms. The maximum atomic E-state index is 12.6. The summed E-state index contributed by atoms with van der Waals surface area (Å²) in [5.41, 5.74) is 2.27. The number of hydrogen-bond acceptors (Lipinski definition) is 5. The Labute approximate surface area is 207 Å². The molecule has 1 aliphatic heterocycles. The lowest BCUT2D eigenvalue weighted by Gasteiger charge is -2.12. The molecule has 3 aromatic rings. The number of hydrogen-bond donors (Lipinski definition) is 2. The number of carbonyl (C=O) groups excluding carboxylic acids is 3. The van der Waals surface area contributed by atoms with Crippen LogP contribution in [0.5, 0.6) is 0 Å². The van der Waals surface area contributed by atoms with E-state index in [1.807, 2.05) is 60.7 Å². The average molecular weight is 485 g/mol. The van der Waals surface area contributed by atoms with E-state index in [-0.39, 0.29) is 24.1 Å². The van der Waals surface area contributed by atoms with Gasteiger partial charge in [-0.05, 0) is 55.0 Å². The minimum absolute atomic E-state index is 0.0468. The molecule has 0 saturated carbocycles. The number of amidine groups is 1. The van der Waals surface area contributed by atoms with Crippen molar-refractivity contribution in [1.29, 1.82) is 0 Å². The molecule has 0 fully saturated rings. The second-order valence-electron chi connectivity index (χ2n) is 7.77. The summed E-state index contributed by atoms with van der Waals surface area (Å²) in [6.45, 7) is 1.79. The second kappa shape index (κ2) is 11.3. The standard InChI is InChI=1S/C27H24N4O3S/c1-19(27(34)29-24-18-26(33)31(30-24)22-10-6-3-7-11-22)35-23-15-13-21(14-16-23)28-25(32)17-12-20-8-4-2-5-9-20/h2-17,19H,18H2,1H3,(H,28,32)(H,29,30,34)/b17-12+. The fraction of sp³-hybridized carbons (Fsp3) is 0.111. The minimum atomic E-state index is -0.409. The first-order valence-corrected chi connectivity index (χ1v) is 11.9. The Morgan fingerprint density at radius 1 is 0.943 bits per heavy atom. The van der Waals surface area contributed by atoms with Crippen molar-refractivity contribution in [3.8, 4) is 0 Å². The largest absolute Gasteiger partial charge is 0.323 e. The van der Waals surface area contributed by atoms with Crippen molar-refractivity contribution in [2.45, 2.75) is 23.5 Å². The lowest BCUT2D eigenvalue weighted by molar-refractivity contribution is -0.119. The first-order chi connectivity index (χ1) is 17.0. The molecular weight excluding hydrogens is 460 g/mol. The van der Waals surface area contributed by atoms with Crippen LogP contribution < -0.4 is 15.6 Å². The van der Waals surface area contributed by atoms with E-state index in [2.05, 4.69) is 15.7 Å². The van der Waals surface area contributed by atoms with Crippen molar-refractivity contribution in [2.75, 3.05) is 10.3 Å². The van der Waals surface area contributed by atoms with Crippen molar-refractivity contribution < 1.29 is 14.4 Å². The highest BCUT2D eigenvalue weighted by Gasteiger charge is 2.27. The Bertz CT molecular complexity index is 1260. The van der Waals surface area contributed by atoms with Gasteiger partial charge in [-0.3, -0.25) is 14.4 Å². The van der Waals surface area contributed by atoms with Gasteiger partial charge < -0.3 is 10.6 Å². The van der Waals surface area contributed by atoms with E-state index in [1.54, 1.807) is 37.3 Å². The molecule has 4 rings (SSSR count). The molecular formula is C27H24N4O3S. The highest BCUT2D eigenvalue weighted by atomic mass is 32.2. The van der Waals surface area contributed by atoms with Gasteiger partial charge in [0.15, 0.2) is 0 Å². The molecule has 0 saturated heterocycles. The van der Waals surface area contributed by atoms with Gasteiger partial charge in [0.05, 0.1) is 17.4 Å². The number of para-hydroxylation sites is 1. The molecule has 3 aromatic carbocycles. The predicted octanol–water partition coefficient (Wildman–Crippen LogP) is 4.69. The predicted molar refractivity (Wildman–Crippen MR) is 140 cm³/mol. The van der Waals surface area contributed by atoms with E-state index in [9.17, 15) is 14.4 Å². The number of thioether (sulfide) groups is 1. The van der Waals surface area contributed by atoms with Gasteiger partial charge in [-0.25, -0.2) is 0 Å². The number of carbonyl (C=O) groups is 3. The molecule has 0 radical (unpaired) electrons. The fourth-order valence-electron chi connectivity index (χ4n) is 3.31. The molecule has 0 aromatic heterocycles. The second-order valence-corrected chi connectivity index (χ2v) is 9.19. The van der Waals surface area contributed by atoms with Gasteiger partial charge in [0.2, 0.25) is 11.8 Å². The quantitative estimate of drug-likeness (QED) is 0.376. The van der Waals surface area contributed by atoms with Crippen molar-refractivity contribution in [2.24, 2.45) is 5.10 Å². The first kappa shape index (κ1) is 24.0. The molecule has 8 heteroatoms. The van der Waals surface area contributed by atoms with Crippen LogP contribution in [0.15, 0.2) is 101 Å². The molecule has 0 spiro atoms. The summed E-state index contributed by atoms with van der Waals surface area (Å²) in [5, 5.41) is 10.7. The Morgan fingerprint density at radius 2 is 1.60 bits per heavy atom. The van der Waals surface area contributed by atoms with Crippen LogP contribution in [-0.4, -0.2) is 28.8 Å². The van der Waals surface area contributed by atoms with Gasteiger partial charge >= 0.3 is 0 Å². The molecule has 3 amide bonds. The topological polar surface area (TPSA) is 90.9 Å². The minimum Gasteiger partial charge on any atom is -0.323 e. The summed E-state index contributed by atoms with van der Waals surface area (Å²) in [4.78, 5) is 37.9. The van der Waals surface area contributed by atoms with Crippen molar-refractivity contribution in [3.63, 3.8) is 0 Å². The van der Waals surface area contributed by atoms with Crippen molar-refractivity contribution in [3.05, 3.63) is 96.6 Å². The van der Waals surface area contributed by atoms with E-state index >= 15 is 0 Å². The van der Waals surface area contributed by atoms with Crippen LogP contribution in [0.1, 0.15) is 18.9 Å². The molecule has 176 valence electrons. The lowest BCUT2D eigenvalue weighted by atomic mass is 10.2. The number of rotatable bonds is 7. The monoisotopic (exact) mass is 484 g/mol. The molecule has 1 atom stereocenters. The van der Waals surface area contributed by atoms with Gasteiger partial charge in [0.25, 0.3) is 5.91 Å². The fourth-order valence-corrected chi connectivity index (χ4v) is 4.18. The number of anilines is 2. The van der Waals surface area contributed by atoms with Gasteiger partial charge in [0.1, 0.15) is 5.84 Å². The zero-order valence-corrected chi connectivity index (χ0v) is 19.9. The number of benzene rings is 3. The van der Waals surface area contributed by atoms with Crippen LogP contribution in [0.3, 0.4) is 0 Å². The van der Waals surface area contributed by atoms with Crippen LogP contribution in [0.4, 0.5) is 11.4 Å². The molecule has 2 N–H and O–H groups in total. The third kappa shape index (κ3) is 6.68. The Hall–Kier alpha value is -4.17. The molecule has 1 heterocycles. The van der Waals surface area contributed by atoms with E-state index in [4.69, 9.17) is 0 Å². The summed E-state index contributed by atoms with van der Waals surface area (Å²) >= 11 is 1.38. The summed E-state index contributed by atoms with van der Waals surface area (Å²) < 4.78 is 0. The van der Waals surface area contributed by atoms with E-state index in [1.165, 1.54) is 22.8 Å². The summed E-state index contributed by atoms with van der Waals surface area (Å²) in [5.74, 6) is -0.320. The van der Waals surface area contributed by atoms with E-state index < -0.39 is 5.25 Å². The van der Waals surface area contributed by atoms with Gasteiger partial charge in [-0.15, -0.1) is 11.8 Å². The Balaban J connectivity index is 1.28. The van der Waals surface area contributed by atoms with Crippen LogP contribution in [0.25, 0.3) is 6.08 Å². The van der Waals surface area contributed by atoms with Gasteiger partial charge in [-0.1, -0.05) is 48.5 Å². The van der Waals surface area contributed by atoms with Crippen LogP contribution in [0, 0.1) is 0 Å². The number of hydrazone groups is 1. The van der Waals surface area contributed by atoms with Gasteiger partial charge in [0, 0.05) is 16.7 Å². The molecule has 7 nitrogen and oxygen atoms in total. The number of amides is 3. The zero-order valence-electron chi connectivity index (χ0n) is 19.0. The SMILES string of the molecule is CC(Sc1ccc(NC(=O)/C=C/c2ccccc2)cc1)C(=O)NC1=NN(c2ccccc2)C(=O)C1. The highest BCUT2D eigenvalue weighted by molar-refractivity contribution is 8.00. The van der Waals surface area contributed by atoms with Crippen LogP contribution in [-0.2, 0) is 14.4 Å². The van der Waals surface area contributed by atoms with Crippen molar-refractivity contribution >= 4 is 52.8 Å². The number of nitrogens with one attached hydrogen (secondary N) is 2. The third-order valence-corrected chi connectivity index (χ3v) is 6.19. The average Bonchev–Trinajstić information content (AvgIpc) is 3.24. The normalized spacial score (nSPS) is 14.0. The molecule has 1 unspecified atom stereocenters. The van der Waals surface area contributed by atoms with E-state index in [0.29, 0.717) is 17.2 Å². The zero-order chi connectivity index (χ0) is 24.6. The first-order valence-electron chi connectivity index (χ1n) is 11.0. The van der Waals surface area contributed by atoms with E-state index in [0.717, 1.165) is 10.5 Å². The molecule has 0 aliphatic carbocycles. The highest BCUT2D eigenvalue weighted by Crippen LogP contribution is 2.25.